The number of benzene rings is 1. The molecule has 1 atom stereocenters. The predicted molar refractivity (Wildman–Crippen MR) is 74.3 cm³/mol. The molecule has 4 N–H and O–H groups in total. The van der Waals surface area contributed by atoms with Gasteiger partial charge in [0.15, 0.2) is 0 Å². The van der Waals surface area contributed by atoms with Crippen LogP contribution < -0.4 is 11.1 Å². The average molecular weight is 291 g/mol. The Labute approximate surface area is 121 Å². The quantitative estimate of drug-likeness (QED) is 0.729. The average Bonchev–Trinajstić information content (AvgIpc) is 2.45. The van der Waals surface area contributed by atoms with E-state index in [2.05, 4.69) is 5.32 Å². The van der Waals surface area contributed by atoms with Crippen molar-refractivity contribution in [3.63, 3.8) is 0 Å². The van der Waals surface area contributed by atoms with Crippen LogP contribution in [0.25, 0.3) is 0 Å². The number of carbonyl (C=O) groups is 3. The molecule has 2 rings (SSSR count). The van der Waals surface area contributed by atoms with E-state index in [9.17, 15) is 14.4 Å². The van der Waals surface area contributed by atoms with Crippen molar-refractivity contribution in [2.24, 2.45) is 5.73 Å². The first-order valence-electron chi connectivity index (χ1n) is 6.60. The van der Waals surface area contributed by atoms with Gasteiger partial charge < -0.3 is 21.1 Å². The van der Waals surface area contributed by atoms with Crippen LogP contribution in [0.3, 0.4) is 0 Å². The molecular weight excluding hydrogens is 274 g/mol. The maximum absolute atomic E-state index is 12.1. The summed E-state index contributed by atoms with van der Waals surface area (Å²) in [5, 5.41) is 11.3. The molecule has 21 heavy (non-hydrogen) atoms. The van der Waals surface area contributed by atoms with Crippen LogP contribution in [-0.2, 0) is 22.6 Å². The van der Waals surface area contributed by atoms with E-state index in [4.69, 9.17) is 10.8 Å². The van der Waals surface area contributed by atoms with Gasteiger partial charge in [0.2, 0.25) is 5.91 Å². The van der Waals surface area contributed by atoms with Crippen molar-refractivity contribution in [3.05, 3.63) is 35.4 Å². The van der Waals surface area contributed by atoms with Gasteiger partial charge >= 0.3 is 12.0 Å². The summed E-state index contributed by atoms with van der Waals surface area (Å²) in [6, 6.07) is 5.99. The largest absolute Gasteiger partial charge is 0.480 e. The molecule has 1 aromatic carbocycles. The molecule has 3 amide bonds. The summed E-state index contributed by atoms with van der Waals surface area (Å²) in [4.78, 5) is 35.5. The van der Waals surface area contributed by atoms with Crippen LogP contribution in [0.4, 0.5) is 4.79 Å². The number of carboxylic acids is 1. The molecule has 7 nitrogen and oxygen atoms in total. The molecule has 1 aliphatic heterocycles. The number of nitrogens with zero attached hydrogens (tertiary/aromatic N) is 1. The second-order valence-corrected chi connectivity index (χ2v) is 4.95. The monoisotopic (exact) mass is 291 g/mol. The lowest BCUT2D eigenvalue weighted by molar-refractivity contribution is -0.141. The fourth-order valence-electron chi connectivity index (χ4n) is 2.31. The summed E-state index contributed by atoms with van der Waals surface area (Å²) in [6.07, 6.45) is 0.294. The lowest BCUT2D eigenvalue weighted by Gasteiger charge is -2.29. The van der Waals surface area contributed by atoms with Crippen LogP contribution in [0.2, 0.25) is 0 Å². The summed E-state index contributed by atoms with van der Waals surface area (Å²) >= 11 is 0. The van der Waals surface area contributed by atoms with Crippen molar-refractivity contribution < 1.29 is 19.5 Å². The van der Waals surface area contributed by atoms with Gasteiger partial charge in [-0.25, -0.2) is 9.59 Å². The summed E-state index contributed by atoms with van der Waals surface area (Å²) in [7, 11) is 0. The number of carboxylic acid groups (broad SMARTS) is 1. The standard InChI is InChI=1S/C14H17N3O4/c15-12(18)7-11(13(19)20)16-14(21)17-6-5-9-3-1-2-4-10(9)8-17/h1-4,11H,5-8H2,(H2,15,18)(H,16,21)(H,19,20)/t11-/m0/s1. The number of fused-ring (bicyclic) bond motifs is 1. The highest BCUT2D eigenvalue weighted by molar-refractivity contribution is 5.87. The van der Waals surface area contributed by atoms with Crippen LogP contribution in [-0.4, -0.2) is 40.5 Å². The molecule has 7 heteroatoms. The fraction of sp³-hybridized carbons (Fsp3) is 0.357. The predicted octanol–water partition coefficient (Wildman–Crippen LogP) is 0.0829. The maximum atomic E-state index is 12.1. The van der Waals surface area contributed by atoms with Gasteiger partial charge in [0, 0.05) is 13.1 Å². The highest BCUT2D eigenvalue weighted by atomic mass is 16.4. The maximum Gasteiger partial charge on any atom is 0.326 e. The topological polar surface area (TPSA) is 113 Å². The number of carbonyl (C=O) groups excluding carboxylic acids is 2. The lowest BCUT2D eigenvalue weighted by atomic mass is 10.0. The van der Waals surface area contributed by atoms with E-state index in [-0.39, 0.29) is 0 Å². The summed E-state index contributed by atoms with van der Waals surface area (Å²) < 4.78 is 0. The molecule has 1 aromatic rings. The van der Waals surface area contributed by atoms with E-state index >= 15 is 0 Å². The third kappa shape index (κ3) is 3.71. The van der Waals surface area contributed by atoms with Crippen molar-refractivity contribution in [1.82, 2.24) is 10.2 Å². The zero-order valence-electron chi connectivity index (χ0n) is 11.4. The SMILES string of the molecule is NC(=O)C[C@H](NC(=O)N1CCc2ccccc2C1)C(=O)O. The normalized spacial score (nSPS) is 15.0. The van der Waals surface area contributed by atoms with Gasteiger partial charge in [0.05, 0.1) is 6.42 Å². The number of amides is 3. The molecule has 0 saturated heterocycles. The van der Waals surface area contributed by atoms with Gasteiger partial charge in [0.25, 0.3) is 0 Å². The van der Waals surface area contributed by atoms with E-state index in [0.29, 0.717) is 13.1 Å². The Morgan fingerprint density at radius 1 is 1.29 bits per heavy atom. The Morgan fingerprint density at radius 2 is 1.95 bits per heavy atom. The summed E-state index contributed by atoms with van der Waals surface area (Å²) in [5.74, 6) is -2.05. The van der Waals surface area contributed by atoms with E-state index in [1.807, 2.05) is 24.3 Å². The van der Waals surface area contributed by atoms with Crippen LogP contribution in [0, 0.1) is 0 Å². The van der Waals surface area contributed by atoms with Crippen molar-refractivity contribution in [2.75, 3.05) is 6.54 Å². The number of hydrogen-bond donors (Lipinski definition) is 3. The molecule has 0 bridgehead atoms. The van der Waals surface area contributed by atoms with E-state index < -0.39 is 30.4 Å². The number of aliphatic carboxylic acids is 1. The van der Waals surface area contributed by atoms with Gasteiger partial charge in [-0.1, -0.05) is 24.3 Å². The Morgan fingerprint density at radius 3 is 2.57 bits per heavy atom. The smallest absolute Gasteiger partial charge is 0.326 e. The van der Waals surface area contributed by atoms with Gasteiger partial charge in [-0.3, -0.25) is 4.79 Å². The molecule has 0 aliphatic carbocycles. The third-order valence-corrected chi connectivity index (χ3v) is 3.42. The van der Waals surface area contributed by atoms with Crippen LogP contribution in [0.1, 0.15) is 17.5 Å². The van der Waals surface area contributed by atoms with E-state index in [1.165, 1.54) is 10.5 Å². The minimum atomic E-state index is -1.30. The van der Waals surface area contributed by atoms with Crippen molar-refractivity contribution >= 4 is 17.9 Å². The highest BCUT2D eigenvalue weighted by Crippen LogP contribution is 2.18. The first-order chi connectivity index (χ1) is 9.97. The van der Waals surface area contributed by atoms with Crippen LogP contribution >= 0.6 is 0 Å². The van der Waals surface area contributed by atoms with E-state index in [1.54, 1.807) is 0 Å². The van der Waals surface area contributed by atoms with Gasteiger partial charge in [-0.15, -0.1) is 0 Å². The van der Waals surface area contributed by atoms with Crippen molar-refractivity contribution in [2.45, 2.75) is 25.4 Å². The Kier molecular flexibility index (Phi) is 4.42. The molecule has 1 aliphatic rings. The summed E-state index contributed by atoms with van der Waals surface area (Å²) in [5.41, 5.74) is 7.21. The van der Waals surface area contributed by atoms with Gasteiger partial charge in [0.1, 0.15) is 6.04 Å². The molecule has 1 heterocycles. The second-order valence-electron chi connectivity index (χ2n) is 4.95. The van der Waals surface area contributed by atoms with Crippen LogP contribution in [0.15, 0.2) is 24.3 Å². The molecule has 0 radical (unpaired) electrons. The van der Waals surface area contributed by atoms with Gasteiger partial charge in [-0.2, -0.15) is 0 Å². The molecule has 0 aromatic heterocycles. The van der Waals surface area contributed by atoms with Crippen molar-refractivity contribution in [1.29, 1.82) is 0 Å². The minimum Gasteiger partial charge on any atom is -0.480 e. The Hall–Kier alpha value is -2.57. The number of hydrogen-bond acceptors (Lipinski definition) is 3. The molecule has 0 spiro atoms. The molecule has 0 fully saturated rings. The third-order valence-electron chi connectivity index (χ3n) is 3.42. The number of nitrogens with one attached hydrogen (secondary N) is 1. The molecule has 112 valence electrons. The molecule has 0 unspecified atom stereocenters. The second kappa shape index (κ2) is 6.25. The molecule has 0 saturated carbocycles. The minimum absolute atomic E-state index is 0.422. The number of urea groups is 1. The van der Waals surface area contributed by atoms with Crippen molar-refractivity contribution in [3.8, 4) is 0 Å². The number of primary amides is 1. The fourth-order valence-corrected chi connectivity index (χ4v) is 2.31. The first kappa shape index (κ1) is 14.8. The van der Waals surface area contributed by atoms with Crippen LogP contribution in [0.5, 0.6) is 0 Å². The first-order valence-corrected chi connectivity index (χ1v) is 6.60. The Bertz CT molecular complexity index is 573. The van der Waals surface area contributed by atoms with Gasteiger partial charge in [-0.05, 0) is 17.5 Å². The number of nitrogens with two attached hydrogens (primary N) is 1. The highest BCUT2D eigenvalue weighted by Gasteiger charge is 2.26. The zero-order chi connectivity index (χ0) is 15.4. The lowest BCUT2D eigenvalue weighted by Crippen LogP contribution is -2.50. The zero-order valence-corrected chi connectivity index (χ0v) is 11.4. The Balaban J connectivity index is 2.01. The number of rotatable bonds is 4. The molecular formula is C14H17N3O4. The van der Waals surface area contributed by atoms with E-state index in [0.717, 1.165) is 12.0 Å². The summed E-state index contributed by atoms with van der Waals surface area (Å²) in [6.45, 7) is 0.927.